The van der Waals surface area contributed by atoms with Crippen LogP contribution in [-0.4, -0.2) is 62.6 Å². The number of aromatic nitrogens is 4. The van der Waals surface area contributed by atoms with Gasteiger partial charge in [0.1, 0.15) is 6.61 Å². The summed E-state index contributed by atoms with van der Waals surface area (Å²) >= 11 is 6.62. The maximum absolute atomic E-state index is 13.6. The summed E-state index contributed by atoms with van der Waals surface area (Å²) in [5.41, 5.74) is 5.99. The first-order chi connectivity index (χ1) is 23.5. The highest BCUT2D eigenvalue weighted by molar-refractivity contribution is 6.33. The molecule has 2 aromatic heterocycles. The van der Waals surface area contributed by atoms with Crippen molar-refractivity contribution in [3.63, 3.8) is 0 Å². The topological polar surface area (TPSA) is 104 Å². The first kappa shape index (κ1) is 32.6. The lowest BCUT2D eigenvalue weighted by molar-refractivity contribution is -0.0441. The summed E-state index contributed by atoms with van der Waals surface area (Å²) in [6, 6.07) is 18.4. The van der Waals surface area contributed by atoms with Crippen LogP contribution in [0.4, 0.5) is 10.7 Å². The van der Waals surface area contributed by atoms with Crippen molar-refractivity contribution in [2.75, 3.05) is 25.1 Å². The number of hydrogen-bond donors (Lipinski definition) is 1. The summed E-state index contributed by atoms with van der Waals surface area (Å²) in [6.45, 7) is 2.05. The summed E-state index contributed by atoms with van der Waals surface area (Å²) < 4.78 is 19.1. The number of carbonyl (C=O) groups is 1. The van der Waals surface area contributed by atoms with Gasteiger partial charge in [0.15, 0.2) is 6.29 Å². The Morgan fingerprint density at radius 1 is 0.979 bits per heavy atom. The summed E-state index contributed by atoms with van der Waals surface area (Å²) in [5.74, 6) is 1.28. The number of amides is 1. The van der Waals surface area contributed by atoms with Crippen LogP contribution in [0.15, 0.2) is 67.0 Å². The SMILES string of the molecule is Cn1ncc(-c2nc(N[C@H]3CC[C@H](N(CCc4ccc(C5OCCO5)cc4)C(=O)OCc4ccccc4)CC3)ncc2Cl)c1CC1CC1. The molecule has 3 aliphatic rings. The van der Waals surface area contributed by atoms with E-state index in [1.165, 1.54) is 12.8 Å². The van der Waals surface area contributed by atoms with E-state index in [0.29, 0.717) is 30.7 Å². The summed E-state index contributed by atoms with van der Waals surface area (Å²) in [5, 5.41) is 8.59. The molecule has 2 aliphatic carbocycles. The Morgan fingerprint density at radius 3 is 2.46 bits per heavy atom. The Bertz CT molecular complexity index is 1670. The van der Waals surface area contributed by atoms with Crippen molar-refractivity contribution in [2.45, 2.75) is 76.3 Å². The number of rotatable bonds is 12. The fourth-order valence-electron chi connectivity index (χ4n) is 6.71. The molecular weight excluding hydrogens is 628 g/mol. The second kappa shape index (κ2) is 15.1. The zero-order valence-corrected chi connectivity index (χ0v) is 28.1. The Labute approximate surface area is 286 Å². The highest BCUT2D eigenvalue weighted by atomic mass is 35.5. The van der Waals surface area contributed by atoms with Crippen LogP contribution in [0.25, 0.3) is 11.3 Å². The predicted octanol–water partition coefficient (Wildman–Crippen LogP) is 7.13. The van der Waals surface area contributed by atoms with Crippen LogP contribution in [0.1, 0.15) is 67.2 Å². The molecule has 1 aliphatic heterocycles. The minimum absolute atomic E-state index is 0.0768. The van der Waals surface area contributed by atoms with Crippen molar-refractivity contribution in [3.05, 3.63) is 94.4 Å². The van der Waals surface area contributed by atoms with Gasteiger partial charge in [-0.3, -0.25) is 4.68 Å². The molecule has 2 aromatic carbocycles. The van der Waals surface area contributed by atoms with Crippen molar-refractivity contribution in [1.29, 1.82) is 0 Å². The highest BCUT2D eigenvalue weighted by Crippen LogP contribution is 2.37. The van der Waals surface area contributed by atoms with Crippen molar-refractivity contribution in [1.82, 2.24) is 24.6 Å². The smallest absolute Gasteiger partial charge is 0.410 e. The van der Waals surface area contributed by atoms with Gasteiger partial charge in [0.05, 0.1) is 36.3 Å². The number of carbonyl (C=O) groups excluding carboxylic acids is 1. The van der Waals surface area contributed by atoms with Gasteiger partial charge in [-0.25, -0.2) is 14.8 Å². The number of halogens is 1. The van der Waals surface area contributed by atoms with E-state index in [9.17, 15) is 4.79 Å². The number of hydrogen-bond acceptors (Lipinski definition) is 8. The normalized spacial score (nSPS) is 19.7. The number of ether oxygens (including phenoxy) is 3. The van der Waals surface area contributed by atoms with Crippen LogP contribution in [0, 0.1) is 5.92 Å². The molecule has 0 radical (unpaired) electrons. The molecule has 10 nitrogen and oxygen atoms in total. The molecule has 1 amide bonds. The van der Waals surface area contributed by atoms with Crippen molar-refractivity contribution >= 4 is 23.6 Å². The summed E-state index contributed by atoms with van der Waals surface area (Å²) in [4.78, 5) is 24.9. The van der Waals surface area contributed by atoms with E-state index in [1.54, 1.807) is 6.20 Å². The zero-order chi connectivity index (χ0) is 32.9. The van der Waals surface area contributed by atoms with Gasteiger partial charge < -0.3 is 24.4 Å². The van der Waals surface area contributed by atoms with E-state index in [1.807, 2.05) is 65.3 Å². The number of nitrogens with one attached hydrogen (secondary N) is 1. The van der Waals surface area contributed by atoms with Crippen LogP contribution < -0.4 is 5.32 Å². The molecule has 48 heavy (non-hydrogen) atoms. The van der Waals surface area contributed by atoms with Crippen LogP contribution in [0.5, 0.6) is 0 Å². The summed E-state index contributed by atoms with van der Waals surface area (Å²) in [6.07, 6.45) is 10.7. The maximum atomic E-state index is 13.6. The Kier molecular flexibility index (Phi) is 10.2. The third kappa shape index (κ3) is 7.99. The number of anilines is 1. The van der Waals surface area contributed by atoms with Gasteiger partial charge in [-0.1, -0.05) is 66.2 Å². The second-order valence-electron chi connectivity index (χ2n) is 13.1. The van der Waals surface area contributed by atoms with Crippen LogP contribution in [0.3, 0.4) is 0 Å². The van der Waals surface area contributed by atoms with Gasteiger partial charge in [0, 0.05) is 42.5 Å². The average Bonchev–Trinajstić information content (AvgIpc) is 3.62. The largest absolute Gasteiger partial charge is 0.445 e. The minimum atomic E-state index is -0.294. The van der Waals surface area contributed by atoms with E-state index in [2.05, 4.69) is 27.5 Å². The molecule has 252 valence electrons. The van der Waals surface area contributed by atoms with Crippen LogP contribution >= 0.6 is 11.6 Å². The third-order valence-electron chi connectivity index (χ3n) is 9.67. The van der Waals surface area contributed by atoms with E-state index >= 15 is 0 Å². The van der Waals surface area contributed by atoms with E-state index in [4.69, 9.17) is 30.8 Å². The van der Waals surface area contributed by atoms with Gasteiger partial charge in [-0.05, 0) is 68.4 Å². The molecule has 3 heterocycles. The van der Waals surface area contributed by atoms with Crippen LogP contribution in [0.2, 0.25) is 5.02 Å². The molecule has 7 rings (SSSR count). The fraction of sp³-hybridized carbons (Fsp3) is 0.459. The molecule has 11 heteroatoms. The first-order valence-electron chi connectivity index (χ1n) is 17.1. The van der Waals surface area contributed by atoms with Gasteiger partial charge in [0.2, 0.25) is 5.95 Å². The Hall–Kier alpha value is -3.99. The van der Waals surface area contributed by atoms with Crippen molar-refractivity contribution < 1.29 is 19.0 Å². The molecule has 3 fully saturated rings. The summed E-state index contributed by atoms with van der Waals surface area (Å²) in [7, 11) is 1.98. The lowest BCUT2D eigenvalue weighted by Gasteiger charge is -2.36. The average molecular weight is 671 g/mol. The first-order valence-corrected chi connectivity index (χ1v) is 17.5. The molecular formula is C37H43ClN6O4. The van der Waals surface area contributed by atoms with Gasteiger partial charge in [-0.15, -0.1) is 0 Å². The minimum Gasteiger partial charge on any atom is -0.445 e. The van der Waals surface area contributed by atoms with E-state index in [0.717, 1.165) is 78.1 Å². The van der Waals surface area contributed by atoms with Crippen molar-refractivity contribution in [2.24, 2.45) is 13.0 Å². The lowest BCUT2D eigenvalue weighted by Crippen LogP contribution is -2.45. The monoisotopic (exact) mass is 670 g/mol. The van der Waals surface area contributed by atoms with Crippen molar-refractivity contribution in [3.8, 4) is 11.3 Å². The molecule has 1 saturated heterocycles. The molecule has 0 bridgehead atoms. The Morgan fingerprint density at radius 2 is 1.73 bits per heavy atom. The molecule has 0 atom stereocenters. The second-order valence-corrected chi connectivity index (χ2v) is 13.5. The van der Waals surface area contributed by atoms with Gasteiger partial charge in [-0.2, -0.15) is 5.10 Å². The standard InChI is InChI=1S/C37H43ClN6O4/c1-43-33(21-26-7-8-26)31(22-40-43)34-32(38)23-39-36(42-34)41-29-13-15-30(16-14-29)44(37(45)48-24-27-5-3-2-4-6-27)18-17-25-9-11-28(12-10-25)35-46-19-20-47-35/h2-6,9-12,22-23,26,29-30,35H,7-8,13-21,24H2,1H3,(H,39,41,42)/t29-,30-. The fourth-order valence-corrected chi connectivity index (χ4v) is 6.90. The molecule has 1 N–H and O–H groups in total. The Balaban J connectivity index is 0.990. The van der Waals surface area contributed by atoms with E-state index in [-0.39, 0.29) is 31.1 Å². The van der Waals surface area contributed by atoms with Gasteiger partial charge in [0.25, 0.3) is 0 Å². The number of benzene rings is 2. The molecule has 0 spiro atoms. The van der Waals surface area contributed by atoms with Gasteiger partial charge >= 0.3 is 6.09 Å². The van der Waals surface area contributed by atoms with E-state index < -0.39 is 0 Å². The molecule has 0 unspecified atom stereocenters. The molecule has 2 saturated carbocycles. The number of aryl methyl sites for hydroxylation is 1. The third-order valence-corrected chi connectivity index (χ3v) is 9.94. The zero-order valence-electron chi connectivity index (χ0n) is 27.4. The quantitative estimate of drug-likeness (QED) is 0.170. The predicted molar refractivity (Wildman–Crippen MR) is 183 cm³/mol. The number of nitrogens with zero attached hydrogens (tertiary/aromatic N) is 5. The molecule has 4 aromatic rings. The lowest BCUT2D eigenvalue weighted by atomic mass is 9.90. The highest BCUT2D eigenvalue weighted by Gasteiger charge is 2.31. The maximum Gasteiger partial charge on any atom is 0.410 e. The van der Waals surface area contributed by atoms with Crippen LogP contribution in [-0.2, 0) is 40.7 Å².